The summed E-state index contributed by atoms with van der Waals surface area (Å²) in [4.78, 5) is 23.3. The van der Waals surface area contributed by atoms with Crippen LogP contribution in [-0.2, 0) is 9.53 Å². The Morgan fingerprint density at radius 1 is 1.44 bits per heavy atom. The maximum Gasteiger partial charge on any atom is 0.328 e. The molecule has 0 N–H and O–H groups in total. The molecule has 1 aromatic carbocycles. The number of hydrogen-bond donors (Lipinski definition) is 0. The molecule has 0 fully saturated rings. The highest BCUT2D eigenvalue weighted by Gasteiger charge is 2.19. The van der Waals surface area contributed by atoms with Crippen molar-refractivity contribution in [3.05, 3.63) is 34.4 Å². The molecule has 0 spiro atoms. The van der Waals surface area contributed by atoms with E-state index in [-0.39, 0.29) is 11.7 Å². The monoisotopic (exact) mass is 252 g/mol. The number of carbonyl (C=O) groups excluding carboxylic acids is 1. The fraction of sp³-hybridized carbons (Fsp3) is 0.417. The summed E-state index contributed by atoms with van der Waals surface area (Å²) < 4.78 is 4.92. The zero-order chi connectivity index (χ0) is 13.7. The average molecular weight is 252 g/mol. The number of benzene rings is 1. The molecular weight excluding hydrogens is 236 g/mol. The summed E-state index contributed by atoms with van der Waals surface area (Å²) in [5, 5.41) is 10.5. The summed E-state index contributed by atoms with van der Waals surface area (Å²) >= 11 is 0. The molecule has 1 unspecified atom stereocenters. The van der Waals surface area contributed by atoms with Crippen LogP contribution in [0.15, 0.2) is 24.3 Å². The molecule has 0 aliphatic rings. The van der Waals surface area contributed by atoms with Crippen molar-refractivity contribution in [1.82, 2.24) is 0 Å². The van der Waals surface area contributed by atoms with Gasteiger partial charge in [0.05, 0.1) is 11.5 Å². The third-order valence-corrected chi connectivity index (χ3v) is 2.68. The molecule has 1 atom stereocenters. The van der Waals surface area contributed by atoms with Crippen LogP contribution in [0.4, 0.5) is 11.4 Å². The van der Waals surface area contributed by atoms with E-state index in [1.807, 2.05) is 0 Å². The molecule has 0 aliphatic heterocycles. The van der Waals surface area contributed by atoms with Crippen molar-refractivity contribution in [3.63, 3.8) is 0 Å². The van der Waals surface area contributed by atoms with Crippen LogP contribution in [0.25, 0.3) is 0 Å². The number of non-ortho nitro benzene ring substituents is 1. The third-order valence-electron chi connectivity index (χ3n) is 2.68. The first-order valence-corrected chi connectivity index (χ1v) is 5.61. The number of nitro groups is 1. The van der Waals surface area contributed by atoms with Gasteiger partial charge in [0.2, 0.25) is 0 Å². The minimum absolute atomic E-state index is 0.0240. The first kappa shape index (κ1) is 14.0. The van der Waals surface area contributed by atoms with Crippen molar-refractivity contribution >= 4 is 17.3 Å². The second-order valence-corrected chi connectivity index (χ2v) is 3.81. The topological polar surface area (TPSA) is 72.7 Å². The summed E-state index contributed by atoms with van der Waals surface area (Å²) in [5.74, 6) is -0.321. The average Bonchev–Trinajstić information content (AvgIpc) is 2.37. The first-order chi connectivity index (χ1) is 8.47. The molecule has 18 heavy (non-hydrogen) atoms. The molecule has 0 saturated heterocycles. The zero-order valence-corrected chi connectivity index (χ0v) is 10.6. The van der Waals surface area contributed by atoms with Crippen molar-refractivity contribution in [2.24, 2.45) is 0 Å². The van der Waals surface area contributed by atoms with Gasteiger partial charge in [0.15, 0.2) is 0 Å². The van der Waals surface area contributed by atoms with Gasteiger partial charge in [0.25, 0.3) is 5.69 Å². The molecule has 6 heteroatoms. The van der Waals surface area contributed by atoms with E-state index in [1.54, 1.807) is 37.9 Å². The molecule has 0 aromatic heterocycles. The quantitative estimate of drug-likeness (QED) is 0.455. The molecule has 6 nitrogen and oxygen atoms in total. The lowest BCUT2D eigenvalue weighted by Gasteiger charge is -2.25. The Morgan fingerprint density at radius 2 is 2.00 bits per heavy atom. The van der Waals surface area contributed by atoms with Gasteiger partial charge in [-0.05, 0) is 26.0 Å². The molecule has 98 valence electrons. The Labute approximate surface area is 105 Å². The normalized spacial score (nSPS) is 11.7. The number of nitrogens with zero attached hydrogens (tertiary/aromatic N) is 2. The predicted molar refractivity (Wildman–Crippen MR) is 67.6 cm³/mol. The summed E-state index contributed by atoms with van der Waals surface area (Å²) in [7, 11) is 1.74. The van der Waals surface area contributed by atoms with Crippen LogP contribution in [0, 0.1) is 10.1 Å². The largest absolute Gasteiger partial charge is 0.464 e. The zero-order valence-electron chi connectivity index (χ0n) is 10.6. The molecule has 1 rings (SSSR count). The van der Waals surface area contributed by atoms with E-state index < -0.39 is 11.0 Å². The fourth-order valence-electron chi connectivity index (χ4n) is 1.45. The van der Waals surface area contributed by atoms with Crippen LogP contribution in [0.3, 0.4) is 0 Å². The van der Waals surface area contributed by atoms with Gasteiger partial charge in [0.1, 0.15) is 6.04 Å². The minimum Gasteiger partial charge on any atom is -0.464 e. The van der Waals surface area contributed by atoms with E-state index in [0.717, 1.165) is 5.69 Å². The summed E-state index contributed by atoms with van der Waals surface area (Å²) in [5.41, 5.74) is 0.747. The van der Waals surface area contributed by atoms with Gasteiger partial charge in [-0.25, -0.2) is 4.79 Å². The second kappa shape index (κ2) is 6.00. The minimum atomic E-state index is -0.460. The Hall–Kier alpha value is -2.11. The molecule has 0 heterocycles. The standard InChI is InChI=1S/C12H16N2O4/c1-4-18-12(15)9(2)13(3)10-5-7-11(8-6-10)14(16)17/h5-9H,4H2,1-3H3. The SMILES string of the molecule is CCOC(=O)C(C)N(C)c1ccc([N+](=O)[O-])cc1. The van der Waals surface area contributed by atoms with Crippen molar-refractivity contribution in [2.75, 3.05) is 18.6 Å². The maximum atomic E-state index is 11.6. The number of esters is 1. The number of hydrogen-bond acceptors (Lipinski definition) is 5. The number of anilines is 1. The lowest BCUT2D eigenvalue weighted by Crippen LogP contribution is -2.37. The van der Waals surface area contributed by atoms with Gasteiger partial charge in [-0.3, -0.25) is 10.1 Å². The second-order valence-electron chi connectivity index (χ2n) is 3.81. The lowest BCUT2D eigenvalue weighted by atomic mass is 10.2. The van der Waals surface area contributed by atoms with Gasteiger partial charge >= 0.3 is 5.97 Å². The molecule has 0 saturated carbocycles. The van der Waals surface area contributed by atoms with E-state index in [4.69, 9.17) is 4.74 Å². The fourth-order valence-corrected chi connectivity index (χ4v) is 1.45. The third kappa shape index (κ3) is 3.19. The van der Waals surface area contributed by atoms with Crippen LogP contribution in [0.2, 0.25) is 0 Å². The molecule has 0 radical (unpaired) electrons. The highest BCUT2D eigenvalue weighted by Crippen LogP contribution is 2.20. The summed E-state index contributed by atoms with van der Waals surface area (Å²) in [6.45, 7) is 3.80. The van der Waals surface area contributed by atoms with Crippen LogP contribution >= 0.6 is 0 Å². The Bertz CT molecular complexity index is 430. The van der Waals surface area contributed by atoms with Gasteiger partial charge < -0.3 is 9.64 Å². The summed E-state index contributed by atoms with van der Waals surface area (Å²) in [6, 6.07) is 5.58. The van der Waals surface area contributed by atoms with Crippen LogP contribution in [0.5, 0.6) is 0 Å². The molecule has 0 aliphatic carbocycles. The van der Waals surface area contributed by atoms with Gasteiger partial charge in [-0.2, -0.15) is 0 Å². The lowest BCUT2D eigenvalue weighted by molar-refractivity contribution is -0.384. The number of ether oxygens (including phenoxy) is 1. The van der Waals surface area contributed by atoms with Crippen molar-refractivity contribution in [1.29, 1.82) is 0 Å². The van der Waals surface area contributed by atoms with E-state index >= 15 is 0 Å². The van der Waals surface area contributed by atoms with E-state index in [9.17, 15) is 14.9 Å². The molecular formula is C12H16N2O4. The van der Waals surface area contributed by atoms with Crippen LogP contribution in [0.1, 0.15) is 13.8 Å². The van der Waals surface area contributed by atoms with Gasteiger partial charge in [-0.1, -0.05) is 0 Å². The van der Waals surface area contributed by atoms with Crippen molar-refractivity contribution < 1.29 is 14.5 Å². The first-order valence-electron chi connectivity index (χ1n) is 5.61. The highest BCUT2D eigenvalue weighted by molar-refractivity contribution is 5.79. The van der Waals surface area contributed by atoms with Gasteiger partial charge in [0, 0.05) is 24.9 Å². The van der Waals surface area contributed by atoms with Crippen molar-refractivity contribution in [3.8, 4) is 0 Å². The van der Waals surface area contributed by atoms with E-state index in [0.29, 0.717) is 6.61 Å². The number of nitro benzene ring substituents is 1. The molecule has 0 amide bonds. The molecule has 1 aromatic rings. The maximum absolute atomic E-state index is 11.6. The predicted octanol–water partition coefficient (Wildman–Crippen LogP) is 1.98. The smallest absolute Gasteiger partial charge is 0.328 e. The van der Waals surface area contributed by atoms with Crippen LogP contribution in [-0.4, -0.2) is 30.6 Å². The van der Waals surface area contributed by atoms with Gasteiger partial charge in [-0.15, -0.1) is 0 Å². The van der Waals surface area contributed by atoms with Crippen molar-refractivity contribution in [2.45, 2.75) is 19.9 Å². The Morgan fingerprint density at radius 3 is 2.44 bits per heavy atom. The van der Waals surface area contributed by atoms with E-state index in [2.05, 4.69) is 0 Å². The number of rotatable bonds is 5. The van der Waals surface area contributed by atoms with E-state index in [1.165, 1.54) is 12.1 Å². The number of carbonyl (C=O) groups is 1. The highest BCUT2D eigenvalue weighted by atomic mass is 16.6. The Balaban J connectivity index is 2.80. The summed E-state index contributed by atoms with van der Waals surface area (Å²) in [6.07, 6.45) is 0. The molecule has 0 bridgehead atoms. The van der Waals surface area contributed by atoms with Crippen LogP contribution < -0.4 is 4.90 Å². The Kier molecular flexibility index (Phi) is 4.65. The number of likely N-dealkylation sites (N-methyl/N-ethyl adjacent to an activating group) is 1.